The van der Waals surface area contributed by atoms with E-state index in [-0.39, 0.29) is 5.91 Å². The highest BCUT2D eigenvalue weighted by molar-refractivity contribution is 5.80. The number of methoxy groups -OCH3 is 2. The summed E-state index contributed by atoms with van der Waals surface area (Å²) in [5, 5.41) is 2.90. The number of rotatable bonds is 9. The highest BCUT2D eigenvalue weighted by Gasteiger charge is 2.14. The van der Waals surface area contributed by atoms with E-state index in [2.05, 4.69) is 5.32 Å². The summed E-state index contributed by atoms with van der Waals surface area (Å²) in [6.07, 6.45) is 1.20. The zero-order valence-electron chi connectivity index (χ0n) is 15.0. The van der Waals surface area contributed by atoms with Gasteiger partial charge in [0.15, 0.2) is 6.10 Å². The fourth-order valence-electron chi connectivity index (χ4n) is 2.37. The highest BCUT2D eigenvalue weighted by atomic mass is 16.5. The number of benzene rings is 2. The molecule has 0 unspecified atom stereocenters. The molecule has 1 atom stereocenters. The topological polar surface area (TPSA) is 56.8 Å². The van der Waals surface area contributed by atoms with Crippen molar-refractivity contribution in [2.45, 2.75) is 25.9 Å². The van der Waals surface area contributed by atoms with Gasteiger partial charge in [-0.15, -0.1) is 0 Å². The SMILES string of the molecule is COc1ccc(CCCNC(=O)[C@H](C)Oc2cccc(OC)c2)cc1. The van der Waals surface area contributed by atoms with E-state index >= 15 is 0 Å². The second kappa shape index (κ2) is 9.57. The maximum absolute atomic E-state index is 12.1. The van der Waals surface area contributed by atoms with Crippen molar-refractivity contribution in [3.05, 3.63) is 54.1 Å². The minimum absolute atomic E-state index is 0.127. The molecule has 0 saturated heterocycles. The quantitative estimate of drug-likeness (QED) is 0.710. The Kier molecular flexibility index (Phi) is 7.14. The molecular weight excluding hydrogens is 318 g/mol. The first-order valence-electron chi connectivity index (χ1n) is 8.33. The number of aryl methyl sites for hydroxylation is 1. The van der Waals surface area contributed by atoms with Gasteiger partial charge in [0.25, 0.3) is 5.91 Å². The number of hydrogen-bond donors (Lipinski definition) is 1. The van der Waals surface area contributed by atoms with E-state index in [0.717, 1.165) is 18.6 Å². The van der Waals surface area contributed by atoms with Crippen LogP contribution in [0, 0.1) is 0 Å². The first-order valence-corrected chi connectivity index (χ1v) is 8.33. The summed E-state index contributed by atoms with van der Waals surface area (Å²) >= 11 is 0. The van der Waals surface area contributed by atoms with E-state index in [4.69, 9.17) is 14.2 Å². The molecule has 1 amide bonds. The summed E-state index contributed by atoms with van der Waals surface area (Å²) in [5.74, 6) is 2.03. The first kappa shape index (κ1) is 18.6. The van der Waals surface area contributed by atoms with E-state index in [1.54, 1.807) is 33.3 Å². The number of carbonyl (C=O) groups is 1. The monoisotopic (exact) mass is 343 g/mol. The second-order valence-corrected chi connectivity index (χ2v) is 5.68. The van der Waals surface area contributed by atoms with Crippen molar-refractivity contribution < 1.29 is 19.0 Å². The van der Waals surface area contributed by atoms with Gasteiger partial charge >= 0.3 is 0 Å². The Morgan fingerprint density at radius 2 is 1.68 bits per heavy atom. The molecule has 134 valence electrons. The van der Waals surface area contributed by atoms with Gasteiger partial charge in [-0.1, -0.05) is 18.2 Å². The molecule has 0 heterocycles. The third-order valence-corrected chi connectivity index (χ3v) is 3.82. The lowest BCUT2D eigenvalue weighted by Crippen LogP contribution is -2.36. The summed E-state index contributed by atoms with van der Waals surface area (Å²) < 4.78 is 15.9. The molecule has 0 aromatic heterocycles. The van der Waals surface area contributed by atoms with Crippen LogP contribution in [-0.4, -0.2) is 32.8 Å². The molecule has 0 radical (unpaired) electrons. The Morgan fingerprint density at radius 3 is 2.36 bits per heavy atom. The van der Waals surface area contributed by atoms with Crippen LogP contribution in [0.3, 0.4) is 0 Å². The van der Waals surface area contributed by atoms with E-state index in [9.17, 15) is 4.79 Å². The molecule has 0 aliphatic rings. The van der Waals surface area contributed by atoms with E-state index in [1.165, 1.54) is 5.56 Å². The standard InChI is InChI=1S/C20H25NO4/c1-15(25-19-8-4-7-18(14-19)24-3)20(22)21-13-5-6-16-9-11-17(23-2)12-10-16/h4,7-12,14-15H,5-6,13H2,1-3H3,(H,21,22)/t15-/m0/s1. The van der Waals surface area contributed by atoms with Crippen LogP contribution < -0.4 is 19.5 Å². The predicted molar refractivity (Wildman–Crippen MR) is 97.4 cm³/mol. The van der Waals surface area contributed by atoms with Crippen LogP contribution in [0.2, 0.25) is 0 Å². The Morgan fingerprint density at radius 1 is 1.00 bits per heavy atom. The van der Waals surface area contributed by atoms with E-state index in [1.807, 2.05) is 36.4 Å². The second-order valence-electron chi connectivity index (χ2n) is 5.68. The Hall–Kier alpha value is -2.69. The van der Waals surface area contributed by atoms with Crippen molar-refractivity contribution >= 4 is 5.91 Å². The molecule has 0 aliphatic carbocycles. The van der Waals surface area contributed by atoms with Gasteiger partial charge < -0.3 is 19.5 Å². The Labute approximate surface area is 148 Å². The van der Waals surface area contributed by atoms with Gasteiger partial charge in [0.2, 0.25) is 0 Å². The van der Waals surface area contributed by atoms with Crippen LogP contribution in [0.5, 0.6) is 17.2 Å². The van der Waals surface area contributed by atoms with Crippen LogP contribution in [0.4, 0.5) is 0 Å². The molecule has 0 spiro atoms. The van der Waals surface area contributed by atoms with Gasteiger partial charge in [-0.05, 0) is 49.6 Å². The van der Waals surface area contributed by atoms with Crippen molar-refractivity contribution in [1.29, 1.82) is 0 Å². The summed E-state index contributed by atoms with van der Waals surface area (Å²) in [6.45, 7) is 2.34. The van der Waals surface area contributed by atoms with Crippen LogP contribution >= 0.6 is 0 Å². The molecule has 5 heteroatoms. The van der Waals surface area contributed by atoms with Crippen LogP contribution in [0.15, 0.2) is 48.5 Å². The number of nitrogens with one attached hydrogen (secondary N) is 1. The molecule has 1 N–H and O–H groups in total. The zero-order chi connectivity index (χ0) is 18.1. The maximum Gasteiger partial charge on any atom is 0.260 e. The van der Waals surface area contributed by atoms with Crippen molar-refractivity contribution in [3.63, 3.8) is 0 Å². The Balaban J connectivity index is 1.71. The van der Waals surface area contributed by atoms with Crippen molar-refractivity contribution in [1.82, 2.24) is 5.32 Å². The normalized spacial score (nSPS) is 11.5. The minimum atomic E-state index is -0.562. The number of amides is 1. The third kappa shape index (κ3) is 6.03. The van der Waals surface area contributed by atoms with E-state index < -0.39 is 6.10 Å². The molecule has 0 fully saturated rings. The van der Waals surface area contributed by atoms with Gasteiger partial charge in [0.1, 0.15) is 17.2 Å². The van der Waals surface area contributed by atoms with Crippen LogP contribution in [0.1, 0.15) is 18.9 Å². The zero-order valence-corrected chi connectivity index (χ0v) is 15.0. The van der Waals surface area contributed by atoms with Gasteiger partial charge in [-0.25, -0.2) is 0 Å². The highest BCUT2D eigenvalue weighted by Crippen LogP contribution is 2.20. The van der Waals surface area contributed by atoms with Crippen LogP contribution in [-0.2, 0) is 11.2 Å². The fourth-order valence-corrected chi connectivity index (χ4v) is 2.37. The molecular formula is C20H25NO4. The summed E-state index contributed by atoms with van der Waals surface area (Å²) in [4.78, 5) is 12.1. The van der Waals surface area contributed by atoms with Gasteiger partial charge in [0, 0.05) is 12.6 Å². The number of hydrogen-bond acceptors (Lipinski definition) is 4. The van der Waals surface area contributed by atoms with Crippen molar-refractivity contribution in [2.24, 2.45) is 0 Å². The average molecular weight is 343 g/mol. The number of ether oxygens (including phenoxy) is 3. The Bertz CT molecular complexity index is 670. The summed E-state index contributed by atoms with van der Waals surface area (Å²) in [5.41, 5.74) is 1.22. The molecule has 25 heavy (non-hydrogen) atoms. The van der Waals surface area contributed by atoms with Crippen molar-refractivity contribution in [3.8, 4) is 17.2 Å². The third-order valence-electron chi connectivity index (χ3n) is 3.82. The maximum atomic E-state index is 12.1. The molecule has 0 bridgehead atoms. The smallest absolute Gasteiger partial charge is 0.260 e. The molecule has 0 aliphatic heterocycles. The fraction of sp³-hybridized carbons (Fsp3) is 0.350. The van der Waals surface area contributed by atoms with Crippen LogP contribution in [0.25, 0.3) is 0 Å². The molecule has 2 aromatic carbocycles. The molecule has 2 rings (SSSR count). The molecule has 2 aromatic rings. The lowest BCUT2D eigenvalue weighted by Gasteiger charge is -2.15. The molecule has 0 saturated carbocycles. The summed E-state index contributed by atoms with van der Waals surface area (Å²) in [6, 6.07) is 15.2. The van der Waals surface area contributed by atoms with Crippen molar-refractivity contribution in [2.75, 3.05) is 20.8 Å². The van der Waals surface area contributed by atoms with Gasteiger partial charge in [0.05, 0.1) is 14.2 Å². The average Bonchev–Trinajstić information content (AvgIpc) is 2.65. The molecule has 5 nitrogen and oxygen atoms in total. The lowest BCUT2D eigenvalue weighted by atomic mass is 10.1. The summed E-state index contributed by atoms with van der Waals surface area (Å²) in [7, 11) is 3.25. The first-order chi connectivity index (χ1) is 12.1. The minimum Gasteiger partial charge on any atom is -0.497 e. The lowest BCUT2D eigenvalue weighted by molar-refractivity contribution is -0.127. The predicted octanol–water partition coefficient (Wildman–Crippen LogP) is 3.22. The largest absolute Gasteiger partial charge is 0.497 e. The van der Waals surface area contributed by atoms with Gasteiger partial charge in [-0.3, -0.25) is 4.79 Å². The van der Waals surface area contributed by atoms with E-state index in [0.29, 0.717) is 18.0 Å². The number of carbonyl (C=O) groups excluding carboxylic acids is 1. The van der Waals surface area contributed by atoms with Gasteiger partial charge in [-0.2, -0.15) is 0 Å².